The highest BCUT2D eigenvalue weighted by Gasteiger charge is 2.42. The Hall–Kier alpha value is -2.40. The normalized spacial score (nSPS) is 19.2. The molecule has 1 saturated heterocycles. The van der Waals surface area contributed by atoms with Gasteiger partial charge in [0.1, 0.15) is 11.4 Å². The van der Waals surface area contributed by atoms with E-state index >= 15 is 0 Å². The summed E-state index contributed by atoms with van der Waals surface area (Å²) in [7, 11) is 1.62. The van der Waals surface area contributed by atoms with Crippen molar-refractivity contribution in [2.45, 2.75) is 44.2 Å². The number of aryl methyl sites for hydroxylation is 1. The summed E-state index contributed by atoms with van der Waals surface area (Å²) in [6, 6.07) is 11.1. The molecule has 1 amide bonds. The fourth-order valence-corrected chi connectivity index (χ4v) is 3.71. The Bertz CT molecular complexity index is 729. The molecule has 1 fully saturated rings. The minimum absolute atomic E-state index is 0.0955. The first-order valence-corrected chi connectivity index (χ1v) is 9.07. The average molecular weight is 354 g/mol. The fraction of sp³-hybridized carbons (Fsp3) is 0.429. The second-order valence-corrected chi connectivity index (χ2v) is 6.98. The summed E-state index contributed by atoms with van der Waals surface area (Å²) >= 11 is 0. The summed E-state index contributed by atoms with van der Waals surface area (Å²) in [5, 5.41) is 11.2. The Balaban J connectivity index is 1.70. The third kappa shape index (κ3) is 3.88. The summed E-state index contributed by atoms with van der Waals surface area (Å²) in [4.78, 5) is 18.6. The highest BCUT2D eigenvalue weighted by atomic mass is 16.5. The van der Waals surface area contributed by atoms with Crippen molar-refractivity contribution in [2.24, 2.45) is 0 Å². The molecule has 0 spiro atoms. The van der Waals surface area contributed by atoms with Gasteiger partial charge in [0.15, 0.2) is 0 Å². The van der Waals surface area contributed by atoms with Gasteiger partial charge in [-0.15, -0.1) is 0 Å². The van der Waals surface area contributed by atoms with Gasteiger partial charge in [-0.3, -0.25) is 9.78 Å². The van der Waals surface area contributed by atoms with Crippen molar-refractivity contribution in [3.8, 4) is 5.75 Å². The van der Waals surface area contributed by atoms with Gasteiger partial charge < -0.3 is 14.7 Å². The van der Waals surface area contributed by atoms with E-state index in [-0.39, 0.29) is 11.9 Å². The van der Waals surface area contributed by atoms with Crippen LogP contribution in [0, 0.1) is 0 Å². The Morgan fingerprint density at radius 3 is 2.62 bits per heavy atom. The number of aromatic nitrogens is 1. The van der Waals surface area contributed by atoms with Crippen molar-refractivity contribution in [3.05, 3.63) is 59.9 Å². The Labute approximate surface area is 154 Å². The molecule has 138 valence electrons. The first-order chi connectivity index (χ1) is 12.5. The zero-order valence-electron chi connectivity index (χ0n) is 15.4. The van der Waals surface area contributed by atoms with Gasteiger partial charge in [-0.1, -0.05) is 12.1 Å². The molecule has 0 radical (unpaired) electrons. The molecular formula is C21H26N2O3. The van der Waals surface area contributed by atoms with Gasteiger partial charge in [-0.25, -0.2) is 0 Å². The van der Waals surface area contributed by atoms with Crippen LogP contribution in [0.5, 0.6) is 5.75 Å². The van der Waals surface area contributed by atoms with Gasteiger partial charge >= 0.3 is 0 Å². The lowest BCUT2D eigenvalue weighted by atomic mass is 9.86. The lowest BCUT2D eigenvalue weighted by molar-refractivity contribution is -0.137. The number of amides is 1. The molecule has 26 heavy (non-hydrogen) atoms. The van der Waals surface area contributed by atoms with Crippen LogP contribution in [0.2, 0.25) is 0 Å². The van der Waals surface area contributed by atoms with E-state index in [0.29, 0.717) is 19.4 Å². The maximum atomic E-state index is 12.8. The highest BCUT2D eigenvalue weighted by Crippen LogP contribution is 2.35. The quantitative estimate of drug-likeness (QED) is 0.866. The van der Waals surface area contributed by atoms with E-state index < -0.39 is 5.60 Å². The van der Waals surface area contributed by atoms with Crippen molar-refractivity contribution >= 4 is 5.91 Å². The largest absolute Gasteiger partial charge is 0.497 e. The number of carbonyl (C=O) groups excluding carboxylic acids is 1. The fourth-order valence-electron chi connectivity index (χ4n) is 3.71. The maximum Gasteiger partial charge on any atom is 0.223 e. The van der Waals surface area contributed by atoms with E-state index in [2.05, 4.69) is 4.98 Å². The van der Waals surface area contributed by atoms with Crippen LogP contribution < -0.4 is 4.74 Å². The van der Waals surface area contributed by atoms with Gasteiger partial charge in [-0.2, -0.15) is 0 Å². The van der Waals surface area contributed by atoms with Gasteiger partial charge in [0, 0.05) is 25.4 Å². The van der Waals surface area contributed by atoms with Crippen LogP contribution in [0.25, 0.3) is 0 Å². The summed E-state index contributed by atoms with van der Waals surface area (Å²) in [5.74, 6) is 0.847. The van der Waals surface area contributed by atoms with Crippen LogP contribution in [0.3, 0.4) is 0 Å². The lowest BCUT2D eigenvalue weighted by Crippen LogP contribution is -2.48. The van der Waals surface area contributed by atoms with Crippen LogP contribution >= 0.6 is 0 Å². The van der Waals surface area contributed by atoms with Crippen molar-refractivity contribution in [1.29, 1.82) is 0 Å². The number of carbonyl (C=O) groups is 1. The SMILES string of the molecule is COc1ccc([C@@](C)(O)[C@H]2CCCN2C(=O)CCc2ccncc2)cc1. The standard InChI is InChI=1S/C21H26N2O3/c1-21(25,17-6-8-18(26-2)9-7-17)19-4-3-15-23(19)20(24)10-5-16-11-13-22-14-12-16/h6-9,11-14,19,25H,3-5,10,15H2,1-2H3/t19-,21-/m1/s1. The molecule has 0 saturated carbocycles. The molecule has 2 aromatic rings. The van der Waals surface area contributed by atoms with E-state index in [4.69, 9.17) is 4.74 Å². The zero-order valence-corrected chi connectivity index (χ0v) is 15.4. The zero-order chi connectivity index (χ0) is 18.6. The third-order valence-electron chi connectivity index (χ3n) is 5.27. The number of benzene rings is 1. The molecule has 2 heterocycles. The van der Waals surface area contributed by atoms with E-state index in [1.807, 2.05) is 41.3 Å². The molecule has 1 aliphatic heterocycles. The number of nitrogens with zero attached hydrogens (tertiary/aromatic N) is 2. The number of rotatable bonds is 6. The third-order valence-corrected chi connectivity index (χ3v) is 5.27. The van der Waals surface area contributed by atoms with Gasteiger partial charge in [0.05, 0.1) is 13.2 Å². The molecule has 0 aliphatic carbocycles. The van der Waals surface area contributed by atoms with Gasteiger partial charge in [0.2, 0.25) is 5.91 Å². The molecule has 1 N–H and O–H groups in total. The predicted octanol–water partition coefficient (Wildman–Crippen LogP) is 2.92. The smallest absolute Gasteiger partial charge is 0.223 e. The first kappa shape index (κ1) is 18.4. The summed E-state index contributed by atoms with van der Waals surface area (Å²) in [6.07, 6.45) is 6.34. The number of pyridine rings is 1. The number of methoxy groups -OCH3 is 1. The van der Waals surface area contributed by atoms with Crippen molar-refractivity contribution in [1.82, 2.24) is 9.88 Å². The second-order valence-electron chi connectivity index (χ2n) is 6.98. The molecule has 1 aromatic carbocycles. The van der Waals surface area contributed by atoms with E-state index in [9.17, 15) is 9.90 Å². The number of hydrogen-bond donors (Lipinski definition) is 1. The minimum atomic E-state index is -1.09. The Morgan fingerprint density at radius 1 is 1.27 bits per heavy atom. The molecule has 2 atom stereocenters. The molecule has 0 unspecified atom stereocenters. The van der Waals surface area contributed by atoms with Crippen LogP contribution in [-0.4, -0.2) is 40.6 Å². The number of aliphatic hydroxyl groups is 1. The minimum Gasteiger partial charge on any atom is -0.497 e. The van der Waals surface area contributed by atoms with Crippen LogP contribution in [-0.2, 0) is 16.8 Å². The molecule has 1 aromatic heterocycles. The molecule has 5 heteroatoms. The average Bonchev–Trinajstić information content (AvgIpc) is 3.18. The lowest BCUT2D eigenvalue weighted by Gasteiger charge is -2.37. The molecular weight excluding hydrogens is 328 g/mol. The van der Waals surface area contributed by atoms with Crippen molar-refractivity contribution in [3.63, 3.8) is 0 Å². The maximum absolute atomic E-state index is 12.8. The van der Waals surface area contributed by atoms with E-state index in [1.165, 1.54) is 0 Å². The van der Waals surface area contributed by atoms with Gasteiger partial charge in [-0.05, 0) is 61.6 Å². The first-order valence-electron chi connectivity index (χ1n) is 9.07. The van der Waals surface area contributed by atoms with Crippen molar-refractivity contribution in [2.75, 3.05) is 13.7 Å². The number of ether oxygens (including phenoxy) is 1. The summed E-state index contributed by atoms with van der Waals surface area (Å²) in [6.45, 7) is 2.50. The molecule has 1 aliphatic rings. The molecule has 3 rings (SSSR count). The second kappa shape index (κ2) is 7.87. The topological polar surface area (TPSA) is 62.7 Å². The highest BCUT2D eigenvalue weighted by molar-refractivity contribution is 5.77. The van der Waals surface area contributed by atoms with Crippen LogP contribution in [0.4, 0.5) is 0 Å². The summed E-state index contributed by atoms with van der Waals surface area (Å²) < 4.78 is 5.19. The van der Waals surface area contributed by atoms with Crippen molar-refractivity contribution < 1.29 is 14.6 Å². The van der Waals surface area contributed by atoms with Crippen LogP contribution in [0.15, 0.2) is 48.8 Å². The number of likely N-dealkylation sites (tertiary alicyclic amines) is 1. The predicted molar refractivity (Wildman–Crippen MR) is 99.9 cm³/mol. The molecule has 0 bridgehead atoms. The monoisotopic (exact) mass is 354 g/mol. The molecule has 5 nitrogen and oxygen atoms in total. The number of hydrogen-bond acceptors (Lipinski definition) is 4. The Morgan fingerprint density at radius 2 is 1.96 bits per heavy atom. The Kier molecular flexibility index (Phi) is 5.57. The van der Waals surface area contributed by atoms with Gasteiger partial charge in [0.25, 0.3) is 0 Å². The van der Waals surface area contributed by atoms with E-state index in [0.717, 1.165) is 29.7 Å². The van der Waals surface area contributed by atoms with Crippen LogP contribution in [0.1, 0.15) is 37.3 Å². The summed E-state index contributed by atoms with van der Waals surface area (Å²) in [5.41, 5.74) is 0.817. The van der Waals surface area contributed by atoms with E-state index in [1.54, 1.807) is 26.4 Å².